The molecule has 0 atom stereocenters. The maximum Gasteiger partial charge on any atom is 0.167 e. The molecule has 57 heavy (non-hydrogen) atoms. The molecule has 4 heterocycles. The zero-order valence-corrected chi connectivity index (χ0v) is 31.2. The van der Waals surface area contributed by atoms with Crippen molar-refractivity contribution in [2.45, 2.75) is 0 Å². The fourth-order valence-electron chi connectivity index (χ4n) is 8.59. The van der Waals surface area contributed by atoms with Crippen molar-refractivity contribution in [2.75, 3.05) is 0 Å². The first-order chi connectivity index (χ1) is 28.3. The molecule has 0 aliphatic rings. The molecule has 12 rings (SSSR count). The van der Waals surface area contributed by atoms with Crippen LogP contribution in [0.3, 0.4) is 0 Å². The third-order valence-corrected chi connectivity index (χ3v) is 12.3. The molecule has 0 spiro atoms. The van der Waals surface area contributed by atoms with Crippen molar-refractivity contribution in [1.82, 2.24) is 19.5 Å². The Morgan fingerprint density at radius 2 is 0.930 bits per heavy atom. The molecule has 12 aromatic rings. The number of benzene rings is 8. The van der Waals surface area contributed by atoms with Gasteiger partial charge in [0.25, 0.3) is 0 Å². The number of aromatic nitrogens is 4. The van der Waals surface area contributed by atoms with Crippen molar-refractivity contribution >= 4 is 75.3 Å². The fraction of sp³-hybridized carbons (Fsp3) is 0. The van der Waals surface area contributed by atoms with Gasteiger partial charge in [0.15, 0.2) is 17.5 Å². The maximum atomic E-state index is 6.82. The van der Waals surface area contributed by atoms with Crippen LogP contribution in [0.5, 0.6) is 0 Å². The van der Waals surface area contributed by atoms with E-state index < -0.39 is 0 Å². The Labute approximate surface area is 330 Å². The van der Waals surface area contributed by atoms with Crippen molar-refractivity contribution in [3.63, 3.8) is 0 Å². The lowest BCUT2D eigenvalue weighted by Crippen LogP contribution is -2.00. The van der Waals surface area contributed by atoms with Gasteiger partial charge in [-0.15, -0.1) is 11.3 Å². The van der Waals surface area contributed by atoms with Crippen LogP contribution in [-0.4, -0.2) is 19.5 Å². The molecular weight excluding hydrogens is 717 g/mol. The predicted octanol–water partition coefficient (Wildman–Crippen LogP) is 13.9. The molecule has 266 valence electrons. The van der Waals surface area contributed by atoms with Crippen molar-refractivity contribution in [2.24, 2.45) is 0 Å². The van der Waals surface area contributed by atoms with Gasteiger partial charge in [0, 0.05) is 48.1 Å². The lowest BCUT2D eigenvalue weighted by Gasteiger charge is -2.10. The smallest absolute Gasteiger partial charge is 0.167 e. The van der Waals surface area contributed by atoms with E-state index in [1.807, 2.05) is 78.1 Å². The number of thiophene rings is 1. The Hall–Kier alpha value is -7.41. The summed E-state index contributed by atoms with van der Waals surface area (Å²) in [5.41, 5.74) is 10.1. The average molecular weight is 747 g/mol. The van der Waals surface area contributed by atoms with Crippen molar-refractivity contribution < 1.29 is 4.42 Å². The molecule has 0 N–H and O–H groups in total. The summed E-state index contributed by atoms with van der Waals surface area (Å²) >= 11 is 1.86. The van der Waals surface area contributed by atoms with Crippen LogP contribution in [0, 0.1) is 0 Å². The number of rotatable bonds is 5. The summed E-state index contributed by atoms with van der Waals surface area (Å²) in [5, 5.41) is 7.09. The topological polar surface area (TPSA) is 56.7 Å². The number of furan rings is 1. The molecule has 0 fully saturated rings. The summed E-state index contributed by atoms with van der Waals surface area (Å²) in [6.45, 7) is 0. The number of hydrogen-bond acceptors (Lipinski definition) is 5. The van der Waals surface area contributed by atoms with E-state index in [1.54, 1.807) is 0 Å². The highest BCUT2D eigenvalue weighted by molar-refractivity contribution is 7.26. The lowest BCUT2D eigenvalue weighted by atomic mass is 9.95. The molecule has 0 saturated carbocycles. The molecule has 0 bridgehead atoms. The highest BCUT2D eigenvalue weighted by Crippen LogP contribution is 2.47. The van der Waals surface area contributed by atoms with Gasteiger partial charge in [0.2, 0.25) is 0 Å². The summed E-state index contributed by atoms with van der Waals surface area (Å²) < 4.78 is 11.8. The second-order valence-corrected chi connectivity index (χ2v) is 15.4. The Bertz CT molecular complexity index is 3420. The standard InChI is InChI=1S/C51H30N4OS/c1-3-15-31(16-4-1)49-52-50(32-17-5-2-6-18-32)54-51(53-49)39-25-11-23-37-45-35(21-13-29-43(45)56-47(37)39)36-22-14-30-44-46(36)38-24-12-28-42(48(38)57-44)55-40-26-9-7-19-33(40)34-20-8-10-27-41(34)55/h1-30H. The summed E-state index contributed by atoms with van der Waals surface area (Å²) in [6, 6.07) is 63.7. The monoisotopic (exact) mass is 746 g/mol. The largest absolute Gasteiger partial charge is 0.455 e. The van der Waals surface area contributed by atoms with Gasteiger partial charge < -0.3 is 8.98 Å². The Kier molecular flexibility index (Phi) is 7.03. The average Bonchev–Trinajstić information content (AvgIpc) is 3.97. The number of hydrogen-bond donors (Lipinski definition) is 0. The molecule has 0 unspecified atom stereocenters. The molecular formula is C51H30N4OS. The molecule has 0 aliphatic carbocycles. The summed E-state index contributed by atoms with van der Waals surface area (Å²) in [4.78, 5) is 15.0. The van der Waals surface area contributed by atoms with E-state index in [1.165, 1.54) is 53.2 Å². The van der Waals surface area contributed by atoms with Gasteiger partial charge in [-0.25, -0.2) is 15.0 Å². The van der Waals surface area contributed by atoms with Crippen LogP contribution in [0.25, 0.3) is 115 Å². The molecule has 0 radical (unpaired) electrons. The van der Waals surface area contributed by atoms with E-state index in [2.05, 4.69) is 120 Å². The zero-order chi connectivity index (χ0) is 37.5. The lowest BCUT2D eigenvalue weighted by molar-refractivity contribution is 0.669. The van der Waals surface area contributed by atoms with Gasteiger partial charge >= 0.3 is 0 Å². The minimum Gasteiger partial charge on any atom is -0.455 e. The highest BCUT2D eigenvalue weighted by Gasteiger charge is 2.22. The Morgan fingerprint density at radius 1 is 0.404 bits per heavy atom. The summed E-state index contributed by atoms with van der Waals surface area (Å²) in [7, 11) is 0. The second kappa shape index (κ2) is 12.6. The normalized spacial score (nSPS) is 11.9. The van der Waals surface area contributed by atoms with Crippen LogP contribution >= 0.6 is 11.3 Å². The Morgan fingerprint density at radius 3 is 1.63 bits per heavy atom. The fourth-order valence-corrected chi connectivity index (χ4v) is 9.83. The third-order valence-electron chi connectivity index (χ3n) is 11.1. The van der Waals surface area contributed by atoms with E-state index in [-0.39, 0.29) is 0 Å². The van der Waals surface area contributed by atoms with E-state index in [0.29, 0.717) is 17.5 Å². The van der Waals surface area contributed by atoms with Crippen LogP contribution in [0.15, 0.2) is 186 Å². The minimum atomic E-state index is 0.567. The van der Waals surface area contributed by atoms with Crippen LogP contribution in [0.4, 0.5) is 0 Å². The van der Waals surface area contributed by atoms with Crippen molar-refractivity contribution in [1.29, 1.82) is 0 Å². The molecule has 8 aromatic carbocycles. The van der Waals surface area contributed by atoms with E-state index in [4.69, 9.17) is 19.4 Å². The van der Waals surface area contributed by atoms with Gasteiger partial charge in [-0.1, -0.05) is 146 Å². The van der Waals surface area contributed by atoms with E-state index in [0.717, 1.165) is 44.2 Å². The minimum absolute atomic E-state index is 0.567. The van der Waals surface area contributed by atoms with Gasteiger partial charge in [-0.05, 0) is 47.5 Å². The van der Waals surface area contributed by atoms with Crippen LogP contribution in [0.2, 0.25) is 0 Å². The van der Waals surface area contributed by atoms with E-state index >= 15 is 0 Å². The van der Waals surface area contributed by atoms with Gasteiger partial charge in [0.1, 0.15) is 11.2 Å². The number of para-hydroxylation sites is 3. The third kappa shape index (κ3) is 4.91. The first-order valence-corrected chi connectivity index (χ1v) is 19.8. The maximum absolute atomic E-state index is 6.82. The van der Waals surface area contributed by atoms with Crippen LogP contribution < -0.4 is 0 Å². The summed E-state index contributed by atoms with van der Waals surface area (Å²) in [6.07, 6.45) is 0. The van der Waals surface area contributed by atoms with Crippen molar-refractivity contribution in [3.05, 3.63) is 182 Å². The Balaban J connectivity index is 1.08. The van der Waals surface area contributed by atoms with Crippen LogP contribution in [-0.2, 0) is 0 Å². The molecule has 6 heteroatoms. The number of nitrogens with zero attached hydrogens (tertiary/aromatic N) is 4. The molecule has 0 saturated heterocycles. The molecule has 5 nitrogen and oxygen atoms in total. The molecule has 0 aliphatic heterocycles. The van der Waals surface area contributed by atoms with Crippen LogP contribution in [0.1, 0.15) is 0 Å². The van der Waals surface area contributed by atoms with Gasteiger partial charge in [-0.3, -0.25) is 0 Å². The van der Waals surface area contributed by atoms with Gasteiger partial charge in [-0.2, -0.15) is 0 Å². The second-order valence-electron chi connectivity index (χ2n) is 14.3. The predicted molar refractivity (Wildman–Crippen MR) is 236 cm³/mol. The van der Waals surface area contributed by atoms with Crippen molar-refractivity contribution in [3.8, 4) is 51.0 Å². The molecule has 4 aromatic heterocycles. The first-order valence-electron chi connectivity index (χ1n) is 19.0. The number of fused-ring (bicyclic) bond motifs is 9. The highest BCUT2D eigenvalue weighted by atomic mass is 32.1. The SMILES string of the molecule is c1ccc(-c2nc(-c3ccccc3)nc(-c3cccc4c3oc3cccc(-c5cccc6sc7c(-n8c9ccccc9c9ccccc98)cccc7c56)c34)n2)cc1. The van der Waals surface area contributed by atoms with E-state index in [9.17, 15) is 0 Å². The zero-order valence-electron chi connectivity index (χ0n) is 30.4. The van der Waals surface area contributed by atoms with Gasteiger partial charge in [0.05, 0.1) is 27.0 Å². The molecule has 0 amide bonds. The quantitative estimate of drug-likeness (QED) is 0.176. The first kappa shape index (κ1) is 31.9. The summed E-state index contributed by atoms with van der Waals surface area (Å²) in [5.74, 6) is 1.80.